The van der Waals surface area contributed by atoms with Crippen LogP contribution in [0.1, 0.15) is 6.92 Å². The zero-order valence-corrected chi connectivity index (χ0v) is 17.4. The highest BCUT2D eigenvalue weighted by atomic mass is 32.2. The first-order chi connectivity index (χ1) is 14.5. The summed E-state index contributed by atoms with van der Waals surface area (Å²) in [6.07, 6.45) is 1.57. The molecular weight excluding hydrogens is 396 g/mol. The molecule has 0 saturated heterocycles. The maximum absolute atomic E-state index is 13.2. The van der Waals surface area contributed by atoms with Gasteiger partial charge in [-0.1, -0.05) is 54.6 Å². The lowest BCUT2D eigenvalue weighted by molar-refractivity contribution is -0.119. The molecule has 0 N–H and O–H groups in total. The van der Waals surface area contributed by atoms with E-state index in [1.165, 1.54) is 0 Å². The first-order valence-corrected chi connectivity index (χ1v) is 11.2. The first kappa shape index (κ1) is 19.9. The number of sulfone groups is 1. The number of carbonyl (C=O) groups is 1. The number of likely N-dealkylation sites (N-methyl/N-ethyl adjacent to an activating group) is 1. The number of hydrogen-bond acceptors (Lipinski definition) is 3. The number of carbonyl (C=O) groups excluding carboxylic acids is 1. The lowest BCUT2D eigenvalue weighted by atomic mass is 10.2. The summed E-state index contributed by atoms with van der Waals surface area (Å²) in [5.41, 5.74) is 1.53. The van der Waals surface area contributed by atoms with Crippen molar-refractivity contribution in [2.24, 2.45) is 0 Å². The normalized spacial score (nSPS) is 11.5. The third kappa shape index (κ3) is 3.62. The fraction of sp³-hybridized carbons (Fsp3) is 0.125. The van der Waals surface area contributed by atoms with Gasteiger partial charge in [0.2, 0.25) is 15.7 Å². The molecule has 30 heavy (non-hydrogen) atoms. The molecule has 0 aliphatic rings. The summed E-state index contributed by atoms with van der Waals surface area (Å²) in [4.78, 5) is 15.2. The zero-order valence-electron chi connectivity index (χ0n) is 16.6. The quantitative estimate of drug-likeness (QED) is 0.462. The molecule has 3 aromatic carbocycles. The molecule has 1 heterocycles. The van der Waals surface area contributed by atoms with Gasteiger partial charge in [0.15, 0.2) is 0 Å². The molecule has 0 aliphatic heterocycles. The minimum atomic E-state index is -3.70. The summed E-state index contributed by atoms with van der Waals surface area (Å²) >= 11 is 0. The maximum atomic E-state index is 13.2. The largest absolute Gasteiger partial charge is 0.337 e. The number of rotatable bonds is 6. The maximum Gasteiger partial charge on any atom is 0.246 e. The Hall–Kier alpha value is -3.38. The molecule has 0 fully saturated rings. The average Bonchev–Trinajstić information content (AvgIpc) is 3.15. The molecule has 0 aliphatic carbocycles. The first-order valence-electron chi connectivity index (χ1n) is 9.76. The number of para-hydroxylation sites is 2. The van der Waals surface area contributed by atoms with Crippen molar-refractivity contribution in [1.82, 2.24) is 4.57 Å². The summed E-state index contributed by atoms with van der Waals surface area (Å²) in [5, 5.41) is 0.608. The van der Waals surface area contributed by atoms with Crippen LogP contribution in [0.5, 0.6) is 0 Å². The second-order valence-electron chi connectivity index (χ2n) is 6.93. The van der Waals surface area contributed by atoms with Crippen molar-refractivity contribution in [2.45, 2.75) is 23.3 Å². The van der Waals surface area contributed by atoms with E-state index in [4.69, 9.17) is 0 Å². The minimum absolute atomic E-state index is 0.0492. The van der Waals surface area contributed by atoms with E-state index in [0.29, 0.717) is 17.4 Å². The molecule has 0 atom stereocenters. The highest BCUT2D eigenvalue weighted by Crippen LogP contribution is 2.30. The number of benzene rings is 3. The molecule has 0 spiro atoms. The number of hydrogen-bond donors (Lipinski definition) is 0. The molecule has 0 unspecified atom stereocenters. The summed E-state index contributed by atoms with van der Waals surface area (Å²) < 4.78 is 28.2. The third-order valence-corrected chi connectivity index (χ3v) is 6.88. The smallest absolute Gasteiger partial charge is 0.246 e. The van der Waals surface area contributed by atoms with E-state index in [0.717, 1.165) is 5.69 Å². The molecule has 152 valence electrons. The van der Waals surface area contributed by atoms with Gasteiger partial charge in [-0.3, -0.25) is 4.79 Å². The van der Waals surface area contributed by atoms with Crippen molar-refractivity contribution < 1.29 is 13.2 Å². The number of fused-ring (bicyclic) bond motifs is 1. The fourth-order valence-electron chi connectivity index (χ4n) is 3.63. The van der Waals surface area contributed by atoms with Crippen molar-refractivity contribution in [3.8, 4) is 0 Å². The van der Waals surface area contributed by atoms with Crippen LogP contribution in [0.25, 0.3) is 10.9 Å². The molecule has 5 nitrogen and oxygen atoms in total. The second kappa shape index (κ2) is 8.16. The van der Waals surface area contributed by atoms with Crippen LogP contribution in [0.4, 0.5) is 5.69 Å². The van der Waals surface area contributed by atoms with Gasteiger partial charge in [0.05, 0.1) is 9.79 Å². The van der Waals surface area contributed by atoms with Crippen molar-refractivity contribution in [2.75, 3.05) is 11.4 Å². The topological polar surface area (TPSA) is 59.4 Å². The van der Waals surface area contributed by atoms with E-state index in [9.17, 15) is 13.2 Å². The summed E-state index contributed by atoms with van der Waals surface area (Å²) in [7, 11) is -3.70. The van der Waals surface area contributed by atoms with Gasteiger partial charge in [-0.15, -0.1) is 0 Å². The van der Waals surface area contributed by atoms with Gasteiger partial charge < -0.3 is 9.47 Å². The van der Waals surface area contributed by atoms with Crippen LogP contribution >= 0.6 is 0 Å². The predicted molar refractivity (Wildman–Crippen MR) is 118 cm³/mol. The zero-order chi connectivity index (χ0) is 21.1. The Morgan fingerprint density at radius 1 is 0.867 bits per heavy atom. The number of anilines is 1. The lowest BCUT2D eigenvalue weighted by Crippen LogP contribution is -2.33. The fourth-order valence-corrected chi connectivity index (χ4v) is 5.12. The highest BCUT2D eigenvalue weighted by molar-refractivity contribution is 7.91. The minimum Gasteiger partial charge on any atom is -0.337 e. The second-order valence-corrected chi connectivity index (χ2v) is 8.85. The predicted octanol–water partition coefficient (Wildman–Crippen LogP) is 4.53. The van der Waals surface area contributed by atoms with E-state index in [1.807, 2.05) is 49.4 Å². The van der Waals surface area contributed by atoms with Crippen molar-refractivity contribution >= 4 is 32.3 Å². The van der Waals surface area contributed by atoms with Crippen LogP contribution in [-0.4, -0.2) is 25.4 Å². The SMILES string of the molecule is CCN(C(=O)Cn1cc(S(=O)(=O)c2ccccc2)c2ccccc21)c1ccccc1. The highest BCUT2D eigenvalue weighted by Gasteiger charge is 2.24. The summed E-state index contributed by atoms with van der Waals surface area (Å²) in [6, 6.07) is 25.1. The Bertz CT molecular complexity index is 1280. The van der Waals surface area contributed by atoms with Gasteiger partial charge in [-0.2, -0.15) is 0 Å². The van der Waals surface area contributed by atoms with Crippen LogP contribution in [0.2, 0.25) is 0 Å². The molecule has 0 radical (unpaired) electrons. The van der Waals surface area contributed by atoms with E-state index >= 15 is 0 Å². The third-order valence-electron chi connectivity index (χ3n) is 5.09. The summed E-state index contributed by atoms with van der Waals surface area (Å²) in [6.45, 7) is 2.49. The monoisotopic (exact) mass is 418 g/mol. The van der Waals surface area contributed by atoms with Crippen molar-refractivity contribution in [3.05, 3.63) is 91.1 Å². The average molecular weight is 419 g/mol. The van der Waals surface area contributed by atoms with Gasteiger partial charge in [-0.05, 0) is 37.3 Å². The molecule has 6 heteroatoms. The van der Waals surface area contributed by atoms with Crippen molar-refractivity contribution in [1.29, 1.82) is 0 Å². The Balaban J connectivity index is 1.75. The van der Waals surface area contributed by atoms with Gasteiger partial charge in [0.25, 0.3) is 0 Å². The molecule has 4 aromatic rings. The lowest BCUT2D eigenvalue weighted by Gasteiger charge is -2.21. The Labute approximate surface area is 176 Å². The van der Waals surface area contributed by atoms with E-state index in [-0.39, 0.29) is 22.2 Å². The van der Waals surface area contributed by atoms with E-state index in [2.05, 4.69) is 0 Å². The number of nitrogens with zero attached hydrogens (tertiary/aromatic N) is 2. The Morgan fingerprint density at radius 2 is 1.47 bits per heavy atom. The van der Waals surface area contributed by atoms with E-state index in [1.54, 1.807) is 58.1 Å². The van der Waals surface area contributed by atoms with Crippen LogP contribution < -0.4 is 4.90 Å². The molecular formula is C24H22N2O3S. The van der Waals surface area contributed by atoms with Crippen LogP contribution in [0, 0.1) is 0 Å². The standard InChI is InChI=1S/C24H22N2O3S/c1-2-26(19-11-5-3-6-12-19)24(27)18-25-17-23(21-15-9-10-16-22(21)25)30(28,29)20-13-7-4-8-14-20/h3-17H,2,18H2,1H3. The molecule has 0 saturated carbocycles. The van der Waals surface area contributed by atoms with Gasteiger partial charge in [0, 0.05) is 29.3 Å². The van der Waals surface area contributed by atoms with Gasteiger partial charge >= 0.3 is 0 Å². The van der Waals surface area contributed by atoms with Gasteiger partial charge in [0.1, 0.15) is 6.54 Å². The van der Waals surface area contributed by atoms with Crippen LogP contribution in [0.15, 0.2) is 101 Å². The van der Waals surface area contributed by atoms with Gasteiger partial charge in [-0.25, -0.2) is 8.42 Å². The van der Waals surface area contributed by atoms with Crippen LogP contribution in [0.3, 0.4) is 0 Å². The Morgan fingerprint density at radius 3 is 2.13 bits per heavy atom. The Kier molecular flexibility index (Phi) is 5.42. The number of aromatic nitrogens is 1. The summed E-state index contributed by atoms with van der Waals surface area (Å²) in [5.74, 6) is -0.104. The molecule has 4 rings (SSSR count). The van der Waals surface area contributed by atoms with Crippen molar-refractivity contribution in [3.63, 3.8) is 0 Å². The molecule has 0 bridgehead atoms. The molecule has 1 amide bonds. The number of amides is 1. The van der Waals surface area contributed by atoms with Crippen LogP contribution in [-0.2, 0) is 21.2 Å². The molecule has 1 aromatic heterocycles. The van der Waals surface area contributed by atoms with E-state index < -0.39 is 9.84 Å².